The van der Waals surface area contributed by atoms with Crippen molar-refractivity contribution in [3.05, 3.63) is 35.9 Å². The minimum absolute atomic E-state index is 0.0763. The van der Waals surface area contributed by atoms with Crippen LogP contribution in [0.15, 0.2) is 30.3 Å². The largest absolute Gasteiger partial charge is 0.550 e. The number of aliphatic carboxylic acids is 1. The molecule has 0 saturated carbocycles. The summed E-state index contributed by atoms with van der Waals surface area (Å²) < 4.78 is 5.19. The summed E-state index contributed by atoms with van der Waals surface area (Å²) in [6.45, 7) is 10.8. The van der Waals surface area contributed by atoms with E-state index in [-0.39, 0.29) is 24.9 Å². The molecule has 0 heterocycles. The molecule has 0 radical (unpaired) electrons. The van der Waals surface area contributed by atoms with Crippen LogP contribution in [0, 0.1) is 11.3 Å². The number of carboxylic acid groups (broad SMARTS) is 1. The molecule has 1 aromatic carbocycles. The number of benzene rings is 1. The van der Waals surface area contributed by atoms with Gasteiger partial charge in [-0.15, -0.1) is 0 Å². The van der Waals surface area contributed by atoms with Crippen LogP contribution in [0.25, 0.3) is 0 Å². The summed E-state index contributed by atoms with van der Waals surface area (Å²) in [5.74, 6) is -1.92. The number of hydrogen-bond acceptors (Lipinski definition) is 7. The topological polar surface area (TPSA) is 220 Å². The lowest BCUT2D eigenvalue weighted by Crippen LogP contribution is -2.78. The highest BCUT2D eigenvalue weighted by atomic mass is 16.5. The number of rotatable bonds is 14. The summed E-state index contributed by atoms with van der Waals surface area (Å²) in [5, 5.41) is 17.0. The van der Waals surface area contributed by atoms with Gasteiger partial charge in [-0.05, 0) is 36.7 Å². The second-order valence-electron chi connectivity index (χ2n) is 11.0. The molecule has 13 heteroatoms. The molecule has 0 aliphatic rings. The van der Waals surface area contributed by atoms with Crippen molar-refractivity contribution in [2.45, 2.75) is 78.9 Å². The maximum Gasteiger partial charge on any atom is 0.407 e. The Labute approximate surface area is 241 Å². The Kier molecular flexibility index (Phi) is 17.1. The van der Waals surface area contributed by atoms with Crippen LogP contribution in [0.2, 0.25) is 0 Å². The van der Waals surface area contributed by atoms with Crippen LogP contribution >= 0.6 is 0 Å². The fraction of sp³-hybridized carbons (Fsp3) is 0.571. The van der Waals surface area contributed by atoms with Gasteiger partial charge in [-0.1, -0.05) is 65.0 Å². The van der Waals surface area contributed by atoms with Crippen LogP contribution in [0.1, 0.15) is 59.9 Å². The van der Waals surface area contributed by atoms with Gasteiger partial charge in [0.05, 0.1) is 19.2 Å². The number of ether oxygens (including phenoxy) is 1. The van der Waals surface area contributed by atoms with Gasteiger partial charge >= 0.3 is 12.1 Å². The fourth-order valence-electron chi connectivity index (χ4n) is 3.40. The first-order valence-corrected chi connectivity index (χ1v) is 13.4. The van der Waals surface area contributed by atoms with E-state index in [2.05, 4.69) is 20.9 Å². The predicted molar refractivity (Wildman–Crippen MR) is 152 cm³/mol. The third-order valence-corrected chi connectivity index (χ3v) is 5.37. The molecule has 1 aromatic rings. The second-order valence-corrected chi connectivity index (χ2v) is 11.0. The Morgan fingerprint density at radius 3 is 2.10 bits per heavy atom. The minimum atomic E-state index is -1.08. The quantitative estimate of drug-likeness (QED) is 0.0626. The average molecular weight is 579 g/mol. The van der Waals surface area contributed by atoms with E-state index in [1.54, 1.807) is 20.8 Å². The van der Waals surface area contributed by atoms with Crippen LogP contribution < -0.4 is 37.5 Å². The van der Waals surface area contributed by atoms with E-state index in [0.717, 1.165) is 12.5 Å². The first-order chi connectivity index (χ1) is 19.1. The number of nitrogens with two attached hydrogens (primary N) is 2. The Hall–Kier alpha value is -4.16. The Morgan fingerprint density at radius 2 is 1.61 bits per heavy atom. The normalized spacial score (nSPS) is 12.9. The number of hydrogen-bond donors (Lipinski definition) is 6. The monoisotopic (exact) mass is 578 g/mol. The van der Waals surface area contributed by atoms with E-state index < -0.39 is 47.4 Å². The van der Waals surface area contributed by atoms with Crippen molar-refractivity contribution in [2.75, 3.05) is 13.2 Å². The van der Waals surface area contributed by atoms with Gasteiger partial charge < -0.3 is 35.4 Å². The molecule has 41 heavy (non-hydrogen) atoms. The van der Waals surface area contributed by atoms with Gasteiger partial charge in [-0.2, -0.15) is 0 Å². The SMILES string of the molecule is CC(=O)[O-].CC(C)COC(=O)N[C@@H](C(=O)N[C@@H](Cc1ccccc1)C(=O)N[C@H](C=O)CCC[NH+]=C(N)N)C(C)(C)C. The molecule has 8 N–H and O–H groups in total. The molecule has 0 unspecified atom stereocenters. The first kappa shape index (κ1) is 36.8. The molecular weight excluding hydrogens is 532 g/mol. The van der Waals surface area contributed by atoms with E-state index in [1.165, 1.54) is 0 Å². The molecule has 0 aliphatic carbocycles. The van der Waals surface area contributed by atoms with Crippen molar-refractivity contribution < 1.29 is 38.8 Å². The summed E-state index contributed by atoms with van der Waals surface area (Å²) in [6.07, 6.45) is 1.02. The number of alkyl carbamates (subject to hydrolysis) is 1. The summed E-state index contributed by atoms with van der Waals surface area (Å²) in [5.41, 5.74) is 10.9. The number of guanidine groups is 1. The smallest absolute Gasteiger partial charge is 0.407 e. The van der Waals surface area contributed by atoms with Gasteiger partial charge in [0.1, 0.15) is 18.4 Å². The van der Waals surface area contributed by atoms with E-state index in [0.29, 0.717) is 25.7 Å². The Balaban J connectivity index is 0.00000373. The van der Waals surface area contributed by atoms with Crippen LogP contribution in [0.5, 0.6) is 0 Å². The minimum Gasteiger partial charge on any atom is -0.550 e. The van der Waals surface area contributed by atoms with E-state index in [1.807, 2.05) is 44.2 Å². The molecule has 13 nitrogen and oxygen atoms in total. The molecular formula is C28H46N6O7. The number of carbonyl (C=O) groups is 5. The van der Waals surface area contributed by atoms with Crippen molar-refractivity contribution >= 4 is 36.1 Å². The predicted octanol–water partition coefficient (Wildman–Crippen LogP) is -1.92. The van der Waals surface area contributed by atoms with E-state index in [9.17, 15) is 19.2 Å². The van der Waals surface area contributed by atoms with Gasteiger partial charge in [0, 0.05) is 12.4 Å². The first-order valence-electron chi connectivity index (χ1n) is 13.4. The number of amides is 3. The van der Waals surface area contributed by atoms with E-state index in [4.69, 9.17) is 26.1 Å². The third-order valence-electron chi connectivity index (χ3n) is 5.37. The molecule has 0 aromatic heterocycles. The molecule has 230 valence electrons. The molecule has 3 atom stereocenters. The van der Waals surface area contributed by atoms with Gasteiger partial charge in [-0.3, -0.25) is 26.0 Å². The average Bonchev–Trinajstić information content (AvgIpc) is 2.86. The molecule has 0 spiro atoms. The molecule has 0 fully saturated rings. The molecule has 1 rings (SSSR count). The maximum absolute atomic E-state index is 13.3. The highest BCUT2D eigenvalue weighted by Crippen LogP contribution is 2.20. The summed E-state index contributed by atoms with van der Waals surface area (Å²) >= 11 is 0. The number of nitrogens with one attached hydrogen (secondary N) is 4. The fourth-order valence-corrected chi connectivity index (χ4v) is 3.40. The molecule has 0 bridgehead atoms. The lowest BCUT2D eigenvalue weighted by Gasteiger charge is -2.31. The molecule has 0 saturated heterocycles. The van der Waals surface area contributed by atoms with E-state index >= 15 is 0 Å². The van der Waals surface area contributed by atoms with Crippen LogP contribution in [0.3, 0.4) is 0 Å². The van der Waals surface area contributed by atoms with Gasteiger partial charge in [-0.25, -0.2) is 4.79 Å². The second kappa shape index (κ2) is 19.0. The van der Waals surface area contributed by atoms with Crippen molar-refractivity contribution in [3.63, 3.8) is 0 Å². The van der Waals surface area contributed by atoms with Gasteiger partial charge in [0.25, 0.3) is 0 Å². The zero-order chi connectivity index (χ0) is 31.6. The van der Waals surface area contributed by atoms with Gasteiger partial charge in [0.2, 0.25) is 11.8 Å². The van der Waals surface area contributed by atoms with Crippen molar-refractivity contribution in [1.82, 2.24) is 16.0 Å². The highest BCUT2D eigenvalue weighted by molar-refractivity contribution is 5.92. The van der Waals surface area contributed by atoms with Crippen molar-refractivity contribution in [3.8, 4) is 0 Å². The maximum atomic E-state index is 13.3. The highest BCUT2D eigenvalue weighted by Gasteiger charge is 2.35. The molecule has 0 aliphatic heterocycles. The lowest BCUT2D eigenvalue weighted by atomic mass is 9.86. The van der Waals surface area contributed by atoms with Crippen LogP contribution in [-0.2, 0) is 30.3 Å². The summed E-state index contributed by atoms with van der Waals surface area (Å²) in [7, 11) is 0. The number of carbonyl (C=O) groups excluding carboxylic acids is 5. The third kappa shape index (κ3) is 17.9. The zero-order valence-corrected chi connectivity index (χ0v) is 24.8. The number of aldehydes is 1. The summed E-state index contributed by atoms with van der Waals surface area (Å²) in [6, 6.07) is 6.48. The standard InChI is InChI=1S/C26H42N6O5.C2H4O2/c1-17(2)16-37-25(36)32-21(26(3,4)5)23(35)31-20(14-18-10-7-6-8-11-18)22(34)30-19(15-33)12-9-13-29-24(27)28;1-2(3)4/h6-8,10-11,15,17,19-21H,9,12-14,16H2,1-5H3,(H,30,34)(H,31,35)(H,32,36)(H4,27,28,29);1H3,(H,3,4)/t19-,20-,21-;/m0./s1. The molecule has 3 amide bonds. The summed E-state index contributed by atoms with van der Waals surface area (Å²) in [4.78, 5) is 62.1. The van der Waals surface area contributed by atoms with Gasteiger partial charge in [0.15, 0.2) is 0 Å². The Bertz CT molecular complexity index is 1000. The van der Waals surface area contributed by atoms with Crippen molar-refractivity contribution in [1.29, 1.82) is 0 Å². The lowest BCUT2D eigenvalue weighted by molar-refractivity contribution is -0.459. The Morgan fingerprint density at radius 1 is 1.02 bits per heavy atom. The van der Waals surface area contributed by atoms with Crippen LogP contribution in [0.4, 0.5) is 4.79 Å². The number of carboxylic acids is 1. The van der Waals surface area contributed by atoms with Crippen molar-refractivity contribution in [2.24, 2.45) is 22.8 Å². The van der Waals surface area contributed by atoms with Crippen LogP contribution in [-0.4, -0.2) is 67.4 Å². The zero-order valence-electron chi connectivity index (χ0n) is 24.8.